The van der Waals surface area contributed by atoms with Crippen molar-refractivity contribution < 1.29 is 4.79 Å². The third kappa shape index (κ3) is 3.47. The number of likely N-dealkylation sites (N-methyl/N-ethyl adjacent to an activating group) is 1. The maximum atomic E-state index is 11.4. The molecule has 0 aromatic carbocycles. The number of carbonyl (C=O) groups is 1. The van der Waals surface area contributed by atoms with E-state index >= 15 is 0 Å². The predicted octanol–water partition coefficient (Wildman–Crippen LogP) is 0.278. The second kappa shape index (κ2) is 6.08. The van der Waals surface area contributed by atoms with Crippen LogP contribution in [0.15, 0.2) is 0 Å². The minimum Gasteiger partial charge on any atom is -0.339 e. The van der Waals surface area contributed by atoms with Crippen molar-refractivity contribution in [3.8, 4) is 0 Å². The lowest BCUT2D eigenvalue weighted by Crippen LogP contribution is -2.50. The fourth-order valence-corrected chi connectivity index (χ4v) is 2.41. The molecule has 1 amide bonds. The van der Waals surface area contributed by atoms with Crippen LogP contribution in [0, 0.1) is 0 Å². The summed E-state index contributed by atoms with van der Waals surface area (Å²) in [6.45, 7) is 8.30. The van der Waals surface area contributed by atoms with E-state index in [1.54, 1.807) is 6.92 Å². The van der Waals surface area contributed by atoms with Gasteiger partial charge in [0.25, 0.3) is 0 Å². The van der Waals surface area contributed by atoms with E-state index in [2.05, 4.69) is 4.90 Å². The molecule has 1 fully saturated rings. The zero-order chi connectivity index (χ0) is 11.3. The zero-order valence-corrected chi connectivity index (χ0v) is 9.91. The molecule has 2 N–H and O–H groups in total. The number of nitrogens with zero attached hydrogens (tertiary/aromatic N) is 2. The van der Waals surface area contributed by atoms with Gasteiger partial charge in [0, 0.05) is 39.1 Å². The third-order valence-corrected chi connectivity index (χ3v) is 3.11. The summed E-state index contributed by atoms with van der Waals surface area (Å²) in [4.78, 5) is 15.8. The zero-order valence-electron chi connectivity index (χ0n) is 9.91. The smallest absolute Gasteiger partial charge is 0.219 e. The van der Waals surface area contributed by atoms with Gasteiger partial charge in [0.05, 0.1) is 0 Å². The van der Waals surface area contributed by atoms with Crippen molar-refractivity contribution in [1.29, 1.82) is 0 Å². The number of rotatable bonds is 4. The van der Waals surface area contributed by atoms with Crippen LogP contribution in [0.4, 0.5) is 0 Å². The Morgan fingerprint density at radius 3 is 2.87 bits per heavy atom. The first-order chi connectivity index (χ1) is 7.19. The van der Waals surface area contributed by atoms with Crippen molar-refractivity contribution >= 4 is 5.91 Å². The van der Waals surface area contributed by atoms with Crippen molar-refractivity contribution in [3.63, 3.8) is 0 Å². The molecule has 1 atom stereocenters. The van der Waals surface area contributed by atoms with E-state index < -0.39 is 0 Å². The van der Waals surface area contributed by atoms with Crippen LogP contribution in [0.3, 0.4) is 0 Å². The fourth-order valence-electron chi connectivity index (χ4n) is 2.41. The van der Waals surface area contributed by atoms with Crippen LogP contribution in [-0.2, 0) is 4.79 Å². The molecule has 4 heteroatoms. The lowest BCUT2D eigenvalue weighted by atomic mass is 10.0. The summed E-state index contributed by atoms with van der Waals surface area (Å²) in [6, 6.07) is 0.396. The van der Waals surface area contributed by atoms with Crippen molar-refractivity contribution in [2.45, 2.75) is 32.7 Å². The molecular formula is C11H23N3O. The largest absolute Gasteiger partial charge is 0.339 e. The van der Waals surface area contributed by atoms with Gasteiger partial charge in [0.1, 0.15) is 0 Å². The standard InChI is InChI=1S/C11H23N3O/c1-3-14(10(2)15)11-5-4-7-13(9-11)8-6-12/h11H,3-9,12H2,1-2H3. The van der Waals surface area contributed by atoms with Crippen LogP contribution in [0.5, 0.6) is 0 Å². The average molecular weight is 213 g/mol. The molecule has 1 heterocycles. The van der Waals surface area contributed by atoms with Gasteiger partial charge in [0.15, 0.2) is 0 Å². The van der Waals surface area contributed by atoms with E-state index in [9.17, 15) is 4.79 Å². The van der Waals surface area contributed by atoms with E-state index in [4.69, 9.17) is 5.73 Å². The minimum atomic E-state index is 0.192. The van der Waals surface area contributed by atoms with E-state index in [0.717, 1.165) is 32.6 Å². The van der Waals surface area contributed by atoms with Gasteiger partial charge in [-0.3, -0.25) is 4.79 Å². The number of piperidine rings is 1. The molecule has 1 unspecified atom stereocenters. The van der Waals surface area contributed by atoms with Gasteiger partial charge in [-0.15, -0.1) is 0 Å². The highest BCUT2D eigenvalue weighted by Crippen LogP contribution is 2.15. The van der Waals surface area contributed by atoms with Crippen molar-refractivity contribution in [1.82, 2.24) is 9.80 Å². The van der Waals surface area contributed by atoms with Crippen LogP contribution in [0.1, 0.15) is 26.7 Å². The number of hydrogen-bond donors (Lipinski definition) is 1. The fraction of sp³-hybridized carbons (Fsp3) is 0.909. The Balaban J connectivity index is 2.50. The molecule has 0 radical (unpaired) electrons. The molecule has 15 heavy (non-hydrogen) atoms. The Kier molecular flexibility index (Phi) is 5.05. The first-order valence-corrected chi connectivity index (χ1v) is 5.88. The van der Waals surface area contributed by atoms with Crippen molar-refractivity contribution in [3.05, 3.63) is 0 Å². The molecule has 1 saturated heterocycles. The quantitative estimate of drug-likeness (QED) is 0.729. The predicted molar refractivity (Wildman–Crippen MR) is 61.6 cm³/mol. The molecule has 0 aromatic rings. The van der Waals surface area contributed by atoms with Gasteiger partial charge in [-0.1, -0.05) is 0 Å². The molecule has 88 valence electrons. The topological polar surface area (TPSA) is 49.6 Å². The normalized spacial score (nSPS) is 22.7. The lowest BCUT2D eigenvalue weighted by molar-refractivity contribution is -0.132. The Morgan fingerprint density at radius 1 is 1.60 bits per heavy atom. The Morgan fingerprint density at radius 2 is 2.33 bits per heavy atom. The van der Waals surface area contributed by atoms with Crippen LogP contribution in [0.25, 0.3) is 0 Å². The summed E-state index contributed by atoms with van der Waals surface area (Å²) in [5.74, 6) is 0.192. The van der Waals surface area contributed by atoms with Crippen molar-refractivity contribution in [2.75, 3.05) is 32.7 Å². The summed E-state index contributed by atoms with van der Waals surface area (Å²) in [5, 5.41) is 0. The molecule has 0 spiro atoms. The second-order valence-electron chi connectivity index (χ2n) is 4.19. The van der Waals surface area contributed by atoms with E-state index in [1.165, 1.54) is 6.42 Å². The Bertz CT molecular complexity index is 206. The van der Waals surface area contributed by atoms with Gasteiger partial charge in [-0.25, -0.2) is 0 Å². The minimum absolute atomic E-state index is 0.192. The number of amides is 1. The van der Waals surface area contributed by atoms with Gasteiger partial charge in [-0.2, -0.15) is 0 Å². The van der Waals surface area contributed by atoms with Crippen LogP contribution >= 0.6 is 0 Å². The second-order valence-corrected chi connectivity index (χ2v) is 4.19. The Hall–Kier alpha value is -0.610. The van der Waals surface area contributed by atoms with E-state index in [0.29, 0.717) is 12.6 Å². The first kappa shape index (κ1) is 12.5. The van der Waals surface area contributed by atoms with Gasteiger partial charge >= 0.3 is 0 Å². The summed E-state index contributed by atoms with van der Waals surface area (Å²) < 4.78 is 0. The maximum absolute atomic E-state index is 11.4. The van der Waals surface area contributed by atoms with E-state index in [-0.39, 0.29) is 5.91 Å². The number of hydrogen-bond acceptors (Lipinski definition) is 3. The molecule has 1 aliphatic heterocycles. The number of likely N-dealkylation sites (tertiary alicyclic amines) is 1. The summed E-state index contributed by atoms with van der Waals surface area (Å²) >= 11 is 0. The molecule has 0 aliphatic carbocycles. The number of carbonyl (C=O) groups excluding carboxylic acids is 1. The van der Waals surface area contributed by atoms with E-state index in [1.807, 2.05) is 11.8 Å². The van der Waals surface area contributed by atoms with Gasteiger partial charge in [-0.05, 0) is 26.3 Å². The molecule has 0 aromatic heterocycles. The molecular weight excluding hydrogens is 190 g/mol. The maximum Gasteiger partial charge on any atom is 0.219 e. The average Bonchev–Trinajstić information content (AvgIpc) is 2.19. The van der Waals surface area contributed by atoms with Crippen LogP contribution in [-0.4, -0.2) is 54.5 Å². The lowest BCUT2D eigenvalue weighted by Gasteiger charge is -2.38. The van der Waals surface area contributed by atoms with Crippen LogP contribution < -0.4 is 5.73 Å². The molecule has 0 bridgehead atoms. The highest BCUT2D eigenvalue weighted by molar-refractivity contribution is 5.73. The SMILES string of the molecule is CCN(C(C)=O)C1CCCN(CCN)C1. The molecule has 0 saturated carbocycles. The first-order valence-electron chi connectivity index (χ1n) is 5.88. The molecule has 4 nitrogen and oxygen atoms in total. The van der Waals surface area contributed by atoms with Gasteiger partial charge in [0.2, 0.25) is 5.91 Å². The highest BCUT2D eigenvalue weighted by Gasteiger charge is 2.25. The van der Waals surface area contributed by atoms with Gasteiger partial charge < -0.3 is 15.5 Å². The summed E-state index contributed by atoms with van der Waals surface area (Å²) in [7, 11) is 0. The molecule has 1 aliphatic rings. The number of nitrogens with two attached hydrogens (primary N) is 1. The summed E-state index contributed by atoms with van der Waals surface area (Å²) in [5.41, 5.74) is 5.55. The monoisotopic (exact) mass is 213 g/mol. The highest BCUT2D eigenvalue weighted by atomic mass is 16.2. The summed E-state index contributed by atoms with van der Waals surface area (Å²) in [6.07, 6.45) is 2.31. The third-order valence-electron chi connectivity index (χ3n) is 3.11. The van der Waals surface area contributed by atoms with Crippen LogP contribution in [0.2, 0.25) is 0 Å². The molecule has 1 rings (SSSR count). The Labute approximate surface area is 92.4 Å². The van der Waals surface area contributed by atoms with Crippen molar-refractivity contribution in [2.24, 2.45) is 5.73 Å².